The molecule has 1 amide bonds. The molecule has 9 heteroatoms. The number of hydrogen-bond donors (Lipinski definition) is 2. The van der Waals surface area contributed by atoms with Gasteiger partial charge in [-0.05, 0) is 36.4 Å². The zero-order valence-electron chi connectivity index (χ0n) is 13.3. The maximum absolute atomic E-state index is 12.7. The maximum atomic E-state index is 12.7. The van der Waals surface area contributed by atoms with Gasteiger partial charge in [-0.2, -0.15) is 4.99 Å². The van der Waals surface area contributed by atoms with Crippen LogP contribution < -0.4 is 14.5 Å². The van der Waals surface area contributed by atoms with Crippen LogP contribution in [-0.2, 0) is 6.54 Å². The van der Waals surface area contributed by atoms with E-state index in [-0.39, 0.29) is 5.91 Å². The molecule has 0 unspecified atom stereocenters. The van der Waals surface area contributed by atoms with Gasteiger partial charge in [-0.25, -0.2) is 8.13 Å². The molecule has 130 valence electrons. The van der Waals surface area contributed by atoms with Crippen molar-refractivity contribution in [3.8, 4) is 0 Å². The average molecular weight is 479 g/mol. The quantitative estimate of drug-likeness (QED) is 0.409. The van der Waals surface area contributed by atoms with Crippen molar-refractivity contribution in [3.05, 3.63) is 52.6 Å². The number of amides is 1. The van der Waals surface area contributed by atoms with Crippen LogP contribution in [0.4, 0.5) is 17.2 Å². The Hall–Kier alpha value is -2.33. The first-order valence-corrected chi connectivity index (χ1v) is 10.4. The number of nitrogens with zero attached hydrogens (tertiary/aromatic N) is 4. The Morgan fingerprint density at radius 1 is 1.27 bits per heavy atom. The highest BCUT2D eigenvalue weighted by Gasteiger charge is 2.17. The monoisotopic (exact) mass is 478 g/mol. The molecular weight excluding hydrogens is 467 g/mol. The van der Waals surface area contributed by atoms with Crippen LogP contribution in [0, 0.1) is 0 Å². The Morgan fingerprint density at radius 3 is 3.12 bits per heavy atom. The Bertz CT molecular complexity index is 1190. The van der Waals surface area contributed by atoms with Gasteiger partial charge in [0.15, 0.2) is 0 Å². The molecule has 0 saturated carbocycles. The van der Waals surface area contributed by atoms with Crippen molar-refractivity contribution in [1.29, 1.82) is 0 Å². The maximum Gasteiger partial charge on any atom is 0.280 e. The van der Waals surface area contributed by atoms with Gasteiger partial charge in [-0.1, -0.05) is 11.6 Å². The van der Waals surface area contributed by atoms with Gasteiger partial charge in [0.25, 0.3) is 5.91 Å². The van der Waals surface area contributed by atoms with E-state index in [4.69, 9.17) is 11.6 Å². The van der Waals surface area contributed by atoms with Gasteiger partial charge in [0, 0.05) is 29.1 Å². The average Bonchev–Trinajstić information content (AvgIpc) is 3.30. The lowest BCUT2D eigenvalue weighted by Crippen LogP contribution is -2.24. The van der Waals surface area contributed by atoms with E-state index >= 15 is 0 Å². The van der Waals surface area contributed by atoms with Gasteiger partial charge in [-0.3, -0.25) is 9.36 Å². The van der Waals surface area contributed by atoms with Crippen molar-refractivity contribution >= 4 is 66.9 Å². The lowest BCUT2D eigenvalue weighted by atomic mass is 10.1. The summed E-state index contributed by atoms with van der Waals surface area (Å²) < 4.78 is 9.59. The van der Waals surface area contributed by atoms with Crippen LogP contribution in [0.15, 0.2) is 44.5 Å². The number of hydrogen-bond acceptors (Lipinski definition) is 5. The predicted octanol–water partition coefficient (Wildman–Crippen LogP) is 3.98. The fourth-order valence-corrected chi connectivity index (χ4v) is 4.73. The first-order valence-electron chi connectivity index (χ1n) is 7.96. The molecule has 2 aromatic carbocycles. The molecule has 7 nitrogen and oxygen atoms in total. The lowest BCUT2D eigenvalue weighted by molar-refractivity contribution is 0.0996. The summed E-state index contributed by atoms with van der Waals surface area (Å²) in [5.41, 5.74) is 3.41. The summed E-state index contributed by atoms with van der Waals surface area (Å²) >= 11 is 5.70. The molecule has 0 aliphatic carbocycles. The third-order valence-electron chi connectivity index (χ3n) is 4.30. The number of rotatable bonds is 1. The van der Waals surface area contributed by atoms with Crippen molar-refractivity contribution in [2.75, 3.05) is 15.4 Å². The van der Waals surface area contributed by atoms with Gasteiger partial charge >= 0.3 is 0 Å². The summed E-state index contributed by atoms with van der Waals surface area (Å²) in [5, 5.41) is 4.90. The van der Waals surface area contributed by atoms with E-state index < -0.39 is 21.3 Å². The van der Waals surface area contributed by atoms with Crippen LogP contribution in [0.5, 0.6) is 0 Å². The number of carbonyl (C=O) groups excluding carboxylic acids is 1. The van der Waals surface area contributed by atoms with Crippen molar-refractivity contribution in [1.82, 2.24) is 9.55 Å². The number of halogens is 2. The van der Waals surface area contributed by atoms with Crippen molar-refractivity contribution in [3.63, 3.8) is 0 Å². The normalized spacial score (nSPS) is 15.2. The molecule has 0 fully saturated rings. The summed E-state index contributed by atoms with van der Waals surface area (Å²) in [4.78, 5) is 21.5. The SMILES string of the molecule is O=C(N=c1nc2cc(Cl)ccc2c2n1CCN2)c1ccc2c(c1)N=IN2. The summed E-state index contributed by atoms with van der Waals surface area (Å²) in [5.74, 6) is 0.583. The van der Waals surface area contributed by atoms with Crippen LogP contribution in [0.1, 0.15) is 10.4 Å². The molecule has 3 aromatic rings. The van der Waals surface area contributed by atoms with E-state index in [1.54, 1.807) is 18.2 Å². The number of carbonyl (C=O) groups is 1. The van der Waals surface area contributed by atoms with Crippen LogP contribution in [0.3, 0.4) is 0 Å². The highest BCUT2D eigenvalue weighted by molar-refractivity contribution is 14.2. The van der Waals surface area contributed by atoms with E-state index in [0.717, 1.165) is 29.1 Å². The van der Waals surface area contributed by atoms with Crippen molar-refractivity contribution < 1.29 is 4.79 Å². The first-order chi connectivity index (χ1) is 12.7. The number of anilines is 2. The second-order valence-electron chi connectivity index (χ2n) is 5.91. The van der Waals surface area contributed by atoms with Crippen LogP contribution in [0.25, 0.3) is 10.9 Å². The predicted molar refractivity (Wildman–Crippen MR) is 109 cm³/mol. The lowest BCUT2D eigenvalue weighted by Gasteiger charge is -2.08. The standard InChI is InChI=1S/C17H12ClIN6O/c18-10-2-3-11-13(8-10)21-17(25-6-5-20-15(11)25)22-16(26)9-1-4-12-14(7-9)24-19-23-12/h1-4,7-8,20H,5-6H2,(H,23,24). The Balaban J connectivity index is 1.66. The van der Waals surface area contributed by atoms with E-state index in [0.29, 0.717) is 28.3 Å². The Kier molecular flexibility index (Phi) is 3.75. The minimum atomic E-state index is -0.401. The minimum absolute atomic E-state index is 0.330. The third-order valence-corrected chi connectivity index (χ3v) is 6.12. The van der Waals surface area contributed by atoms with Gasteiger partial charge in [-0.15, -0.1) is 0 Å². The van der Waals surface area contributed by atoms with E-state index in [2.05, 4.69) is 22.0 Å². The molecule has 26 heavy (non-hydrogen) atoms. The number of nitrogens with one attached hydrogen (secondary N) is 2. The van der Waals surface area contributed by atoms with Crippen LogP contribution in [0.2, 0.25) is 5.02 Å². The molecule has 0 spiro atoms. The number of aromatic nitrogens is 2. The highest BCUT2D eigenvalue weighted by Crippen LogP contribution is 2.36. The summed E-state index contributed by atoms with van der Waals surface area (Å²) in [6, 6.07) is 11.0. The molecule has 0 bridgehead atoms. The molecule has 0 atom stereocenters. The second-order valence-corrected chi connectivity index (χ2v) is 7.85. The molecule has 3 heterocycles. The largest absolute Gasteiger partial charge is 0.369 e. The molecule has 2 aliphatic rings. The molecule has 2 N–H and O–H groups in total. The molecule has 2 aliphatic heterocycles. The molecule has 0 radical (unpaired) electrons. The highest BCUT2D eigenvalue weighted by atomic mass is 127. The van der Waals surface area contributed by atoms with Crippen LogP contribution in [-0.4, -0.2) is 22.0 Å². The fourth-order valence-electron chi connectivity index (χ4n) is 3.07. The minimum Gasteiger partial charge on any atom is -0.369 e. The zero-order chi connectivity index (χ0) is 17.7. The molecule has 5 rings (SSSR count). The fraction of sp³-hybridized carbons (Fsp3) is 0.118. The van der Waals surface area contributed by atoms with Gasteiger partial charge < -0.3 is 8.85 Å². The van der Waals surface area contributed by atoms with Gasteiger partial charge in [0.05, 0.1) is 16.9 Å². The number of benzene rings is 2. The Morgan fingerprint density at radius 2 is 2.19 bits per heavy atom. The molecule has 1 aromatic heterocycles. The summed E-state index contributed by atoms with van der Waals surface area (Å²) in [7, 11) is 0. The van der Waals surface area contributed by atoms with Crippen molar-refractivity contribution in [2.45, 2.75) is 6.54 Å². The van der Waals surface area contributed by atoms with Crippen LogP contribution >= 0.6 is 32.9 Å². The number of fused-ring (bicyclic) bond motifs is 4. The Labute approximate surface area is 163 Å². The topological polar surface area (TPSA) is 83.7 Å². The van der Waals surface area contributed by atoms with Gasteiger partial charge in [0.2, 0.25) is 5.62 Å². The molecular formula is C17H12ClIN6O. The van der Waals surface area contributed by atoms with Crippen molar-refractivity contribution in [2.24, 2.45) is 8.14 Å². The molecule has 0 saturated heterocycles. The summed E-state index contributed by atoms with van der Waals surface area (Å²) in [6.07, 6.45) is 0. The van der Waals surface area contributed by atoms with E-state index in [1.165, 1.54) is 0 Å². The second kappa shape index (κ2) is 6.13. The first kappa shape index (κ1) is 15.9. The van der Waals surface area contributed by atoms with Gasteiger partial charge in [0.1, 0.15) is 27.1 Å². The summed E-state index contributed by atoms with van der Waals surface area (Å²) in [6.45, 7) is 1.48. The van der Waals surface area contributed by atoms with E-state index in [9.17, 15) is 4.79 Å². The third kappa shape index (κ3) is 2.60. The smallest absolute Gasteiger partial charge is 0.280 e. The van der Waals surface area contributed by atoms with E-state index in [1.807, 2.05) is 22.8 Å². The zero-order valence-corrected chi connectivity index (χ0v) is 16.2.